The minimum absolute atomic E-state index is 0.0268. The second-order valence-electron chi connectivity index (χ2n) is 6.12. The van der Waals surface area contributed by atoms with Crippen molar-refractivity contribution in [1.29, 1.82) is 0 Å². The monoisotopic (exact) mass is 241 g/mol. The Labute approximate surface area is 105 Å². The fourth-order valence-corrected chi connectivity index (χ4v) is 2.44. The first-order valence-electron chi connectivity index (χ1n) is 6.56. The average Bonchev–Trinajstić information content (AvgIpc) is 2.25. The lowest BCUT2D eigenvalue weighted by molar-refractivity contribution is -0.124. The molecule has 0 aromatic heterocycles. The van der Waals surface area contributed by atoms with Gasteiger partial charge in [0, 0.05) is 13.1 Å². The lowest BCUT2D eigenvalue weighted by atomic mass is 9.92. The first-order valence-corrected chi connectivity index (χ1v) is 6.56. The zero-order chi connectivity index (χ0) is 12.9. The maximum atomic E-state index is 11.9. The van der Waals surface area contributed by atoms with Gasteiger partial charge in [-0.1, -0.05) is 20.3 Å². The zero-order valence-corrected chi connectivity index (χ0v) is 11.7. The van der Waals surface area contributed by atoms with Crippen LogP contribution in [-0.4, -0.2) is 50.6 Å². The number of amides is 1. The van der Waals surface area contributed by atoms with E-state index in [1.54, 1.807) is 0 Å². The Balaban J connectivity index is 2.31. The van der Waals surface area contributed by atoms with Gasteiger partial charge in [-0.2, -0.15) is 0 Å². The van der Waals surface area contributed by atoms with Crippen LogP contribution in [0.2, 0.25) is 0 Å². The first-order chi connectivity index (χ1) is 7.91. The molecular weight excluding hydrogens is 214 g/mol. The van der Waals surface area contributed by atoms with Gasteiger partial charge in [-0.3, -0.25) is 4.79 Å². The molecule has 17 heavy (non-hydrogen) atoms. The summed E-state index contributed by atoms with van der Waals surface area (Å²) in [7, 11) is 4.12. The van der Waals surface area contributed by atoms with Crippen LogP contribution in [0.15, 0.2) is 0 Å². The Bertz CT molecular complexity index is 245. The molecule has 1 aliphatic heterocycles. The number of carbonyl (C=O) groups is 1. The lowest BCUT2D eigenvalue weighted by Gasteiger charge is -2.30. The standard InChI is InChI=1S/C13H27N3O/c1-13(2,10-16(3)4)9-15-12(17)11-7-5-6-8-14-11/h11,14H,5-10H2,1-4H3,(H,15,17)/t11-/m0/s1. The molecule has 100 valence electrons. The highest BCUT2D eigenvalue weighted by molar-refractivity contribution is 5.81. The molecule has 4 heteroatoms. The predicted molar refractivity (Wildman–Crippen MR) is 71.0 cm³/mol. The lowest BCUT2D eigenvalue weighted by Crippen LogP contribution is -2.49. The van der Waals surface area contributed by atoms with Crippen molar-refractivity contribution in [3.8, 4) is 0 Å². The molecule has 0 bridgehead atoms. The van der Waals surface area contributed by atoms with Crippen LogP contribution in [-0.2, 0) is 4.79 Å². The molecule has 1 saturated heterocycles. The highest BCUT2D eigenvalue weighted by Crippen LogP contribution is 2.14. The second kappa shape index (κ2) is 6.36. The summed E-state index contributed by atoms with van der Waals surface area (Å²) < 4.78 is 0. The van der Waals surface area contributed by atoms with Gasteiger partial charge in [0.2, 0.25) is 5.91 Å². The van der Waals surface area contributed by atoms with E-state index in [1.807, 2.05) is 0 Å². The second-order valence-corrected chi connectivity index (χ2v) is 6.12. The van der Waals surface area contributed by atoms with Crippen molar-refractivity contribution in [3.63, 3.8) is 0 Å². The molecule has 1 atom stereocenters. The minimum atomic E-state index is 0.0268. The summed E-state index contributed by atoms with van der Waals surface area (Å²) in [5.74, 6) is 0.163. The summed E-state index contributed by atoms with van der Waals surface area (Å²) >= 11 is 0. The van der Waals surface area contributed by atoms with E-state index in [0.29, 0.717) is 0 Å². The van der Waals surface area contributed by atoms with Crippen LogP contribution < -0.4 is 10.6 Å². The fraction of sp³-hybridized carbons (Fsp3) is 0.923. The number of rotatable bonds is 5. The zero-order valence-electron chi connectivity index (χ0n) is 11.7. The number of piperidine rings is 1. The number of hydrogen-bond donors (Lipinski definition) is 2. The smallest absolute Gasteiger partial charge is 0.237 e. The van der Waals surface area contributed by atoms with Crippen LogP contribution in [0.5, 0.6) is 0 Å². The largest absolute Gasteiger partial charge is 0.354 e. The van der Waals surface area contributed by atoms with E-state index in [2.05, 4.69) is 43.5 Å². The number of carbonyl (C=O) groups excluding carboxylic acids is 1. The van der Waals surface area contributed by atoms with Gasteiger partial charge >= 0.3 is 0 Å². The van der Waals surface area contributed by atoms with E-state index in [4.69, 9.17) is 0 Å². The molecule has 2 N–H and O–H groups in total. The van der Waals surface area contributed by atoms with E-state index in [-0.39, 0.29) is 17.4 Å². The van der Waals surface area contributed by atoms with Crippen molar-refractivity contribution in [3.05, 3.63) is 0 Å². The highest BCUT2D eigenvalue weighted by atomic mass is 16.2. The summed E-state index contributed by atoms with van der Waals surface area (Å²) in [6.07, 6.45) is 3.32. The Hall–Kier alpha value is -0.610. The SMILES string of the molecule is CN(C)CC(C)(C)CNC(=O)[C@@H]1CCCCN1. The van der Waals surface area contributed by atoms with Crippen LogP contribution in [0.1, 0.15) is 33.1 Å². The quantitative estimate of drug-likeness (QED) is 0.749. The van der Waals surface area contributed by atoms with E-state index in [1.165, 1.54) is 6.42 Å². The molecule has 0 aliphatic carbocycles. The van der Waals surface area contributed by atoms with Crippen molar-refractivity contribution in [2.45, 2.75) is 39.2 Å². The maximum Gasteiger partial charge on any atom is 0.237 e. The van der Waals surface area contributed by atoms with Crippen molar-refractivity contribution in [2.24, 2.45) is 5.41 Å². The molecule has 4 nitrogen and oxygen atoms in total. The fourth-order valence-electron chi connectivity index (χ4n) is 2.44. The van der Waals surface area contributed by atoms with Crippen molar-refractivity contribution >= 4 is 5.91 Å². The third-order valence-electron chi connectivity index (χ3n) is 3.11. The van der Waals surface area contributed by atoms with Crippen LogP contribution in [0.4, 0.5) is 0 Å². The van der Waals surface area contributed by atoms with Gasteiger partial charge < -0.3 is 15.5 Å². The van der Waals surface area contributed by atoms with E-state index in [9.17, 15) is 4.79 Å². The predicted octanol–water partition coefficient (Wildman–Crippen LogP) is 0.833. The van der Waals surface area contributed by atoms with Gasteiger partial charge in [-0.05, 0) is 38.9 Å². The Morgan fingerprint density at radius 2 is 2.12 bits per heavy atom. The third-order valence-corrected chi connectivity index (χ3v) is 3.11. The Kier molecular flexibility index (Phi) is 5.40. The summed E-state index contributed by atoms with van der Waals surface area (Å²) in [5.41, 5.74) is 0.119. The molecule has 1 aliphatic rings. The Morgan fingerprint density at radius 3 is 2.65 bits per heavy atom. The summed E-state index contributed by atoms with van der Waals surface area (Å²) in [5, 5.41) is 6.34. The molecule has 0 radical (unpaired) electrons. The molecular formula is C13H27N3O. The van der Waals surface area contributed by atoms with Crippen molar-refractivity contribution in [2.75, 3.05) is 33.7 Å². The van der Waals surface area contributed by atoms with Gasteiger partial charge in [-0.25, -0.2) is 0 Å². The molecule has 0 aromatic rings. The van der Waals surface area contributed by atoms with E-state index < -0.39 is 0 Å². The summed E-state index contributed by atoms with van der Waals surface area (Å²) in [4.78, 5) is 14.1. The molecule has 1 heterocycles. The number of nitrogens with one attached hydrogen (secondary N) is 2. The first kappa shape index (κ1) is 14.5. The number of nitrogens with zero attached hydrogens (tertiary/aromatic N) is 1. The molecule has 0 aromatic carbocycles. The van der Waals surface area contributed by atoms with Crippen LogP contribution in [0, 0.1) is 5.41 Å². The molecule has 1 fully saturated rings. The minimum Gasteiger partial charge on any atom is -0.354 e. The highest BCUT2D eigenvalue weighted by Gasteiger charge is 2.24. The third kappa shape index (κ3) is 5.50. The molecule has 0 unspecified atom stereocenters. The molecule has 1 amide bonds. The van der Waals surface area contributed by atoms with Crippen molar-refractivity contribution in [1.82, 2.24) is 15.5 Å². The Morgan fingerprint density at radius 1 is 1.41 bits per heavy atom. The summed E-state index contributed by atoms with van der Waals surface area (Å²) in [6, 6.07) is 0.0268. The van der Waals surface area contributed by atoms with Crippen LogP contribution in [0.3, 0.4) is 0 Å². The molecule has 0 spiro atoms. The van der Waals surface area contributed by atoms with Crippen molar-refractivity contribution < 1.29 is 4.79 Å². The molecule has 0 saturated carbocycles. The van der Waals surface area contributed by atoms with Gasteiger partial charge in [0.25, 0.3) is 0 Å². The van der Waals surface area contributed by atoms with E-state index >= 15 is 0 Å². The van der Waals surface area contributed by atoms with Gasteiger partial charge in [0.1, 0.15) is 0 Å². The normalized spacial score (nSPS) is 21.6. The van der Waals surface area contributed by atoms with Gasteiger partial charge in [-0.15, -0.1) is 0 Å². The van der Waals surface area contributed by atoms with E-state index in [0.717, 1.165) is 32.5 Å². The molecule has 1 rings (SSSR count). The summed E-state index contributed by atoms with van der Waals surface area (Å²) in [6.45, 7) is 7.05. The number of hydrogen-bond acceptors (Lipinski definition) is 3. The van der Waals surface area contributed by atoms with Gasteiger partial charge in [0.05, 0.1) is 6.04 Å². The topological polar surface area (TPSA) is 44.4 Å². The van der Waals surface area contributed by atoms with Gasteiger partial charge in [0.15, 0.2) is 0 Å². The maximum absolute atomic E-state index is 11.9. The van der Waals surface area contributed by atoms with Crippen LogP contribution >= 0.6 is 0 Å². The average molecular weight is 241 g/mol. The van der Waals surface area contributed by atoms with Crippen LogP contribution in [0.25, 0.3) is 0 Å².